The van der Waals surface area contributed by atoms with Crippen molar-refractivity contribution in [3.8, 4) is 40.3 Å². The van der Waals surface area contributed by atoms with E-state index in [9.17, 15) is 10.1 Å². The summed E-state index contributed by atoms with van der Waals surface area (Å²) in [5.74, 6) is 1.39. The third kappa shape index (κ3) is 4.17. The number of nitrogen functional groups attached to an aromatic ring is 1. The van der Waals surface area contributed by atoms with Crippen molar-refractivity contribution in [1.29, 1.82) is 5.26 Å². The number of ether oxygens (including phenoxy) is 2. The number of nitrogens with two attached hydrogens (primary N) is 1. The van der Waals surface area contributed by atoms with Gasteiger partial charge in [0.1, 0.15) is 17.6 Å². The van der Waals surface area contributed by atoms with Crippen molar-refractivity contribution in [2.24, 2.45) is 0 Å². The molecule has 0 atom stereocenters. The molecule has 0 saturated carbocycles. The van der Waals surface area contributed by atoms with Gasteiger partial charge < -0.3 is 15.2 Å². The lowest BCUT2D eigenvalue weighted by atomic mass is 9.95. The molecule has 0 unspecified atom stereocenters. The molecule has 2 N–H and O–H groups in total. The minimum atomic E-state index is -0.449. The summed E-state index contributed by atoms with van der Waals surface area (Å²) in [6.45, 7) is 0. The summed E-state index contributed by atoms with van der Waals surface area (Å²) in [4.78, 5) is 13.6. The Kier molecular flexibility index (Phi) is 6.15. The molecular formula is C28H19BrN4O3. The van der Waals surface area contributed by atoms with Gasteiger partial charge in [0.05, 0.1) is 34.8 Å². The molecule has 8 heteroatoms. The number of aromatic nitrogens is 2. The summed E-state index contributed by atoms with van der Waals surface area (Å²) in [6.07, 6.45) is 0. The average molecular weight is 539 g/mol. The smallest absolute Gasteiger partial charge is 0.281 e. The average Bonchev–Trinajstić information content (AvgIpc) is 2.91. The number of hydrogen-bond donors (Lipinski definition) is 1. The molecule has 1 aromatic heterocycles. The number of nitrogens with zero attached hydrogens (tertiary/aromatic N) is 3. The van der Waals surface area contributed by atoms with Gasteiger partial charge in [0, 0.05) is 10.0 Å². The number of anilines is 1. The summed E-state index contributed by atoms with van der Waals surface area (Å²) in [5, 5.41) is 15.1. The number of halogens is 1. The Labute approximate surface area is 215 Å². The van der Waals surface area contributed by atoms with Crippen molar-refractivity contribution in [2.45, 2.75) is 0 Å². The third-order valence-corrected chi connectivity index (χ3v) is 6.26. The second-order valence-electron chi connectivity index (χ2n) is 7.89. The Morgan fingerprint density at radius 2 is 1.64 bits per heavy atom. The predicted molar refractivity (Wildman–Crippen MR) is 143 cm³/mol. The maximum absolute atomic E-state index is 13.6. The van der Waals surface area contributed by atoms with Gasteiger partial charge in [0.15, 0.2) is 0 Å². The Hall–Kier alpha value is -4.61. The first-order chi connectivity index (χ1) is 17.5. The minimum Gasteiger partial charge on any atom is -0.497 e. The van der Waals surface area contributed by atoms with E-state index in [2.05, 4.69) is 27.1 Å². The molecular weight excluding hydrogens is 520 g/mol. The molecule has 0 bridgehead atoms. The van der Waals surface area contributed by atoms with Crippen molar-refractivity contribution < 1.29 is 9.47 Å². The zero-order valence-corrected chi connectivity index (χ0v) is 20.7. The summed E-state index contributed by atoms with van der Waals surface area (Å²) < 4.78 is 13.6. The van der Waals surface area contributed by atoms with Crippen LogP contribution < -0.4 is 20.8 Å². The number of nitriles is 1. The van der Waals surface area contributed by atoms with Gasteiger partial charge in [0.25, 0.3) is 5.56 Å². The fraction of sp³-hybridized carbons (Fsp3) is 0.0357. The van der Waals surface area contributed by atoms with E-state index >= 15 is 0 Å². The highest BCUT2D eigenvalue weighted by Gasteiger charge is 2.22. The van der Waals surface area contributed by atoms with E-state index in [1.165, 1.54) is 4.68 Å². The molecule has 36 heavy (non-hydrogen) atoms. The van der Waals surface area contributed by atoms with E-state index < -0.39 is 5.56 Å². The van der Waals surface area contributed by atoms with Gasteiger partial charge in [-0.05, 0) is 60.2 Å². The van der Waals surface area contributed by atoms with Crippen LogP contribution >= 0.6 is 15.9 Å². The molecule has 0 aliphatic rings. The molecule has 7 nitrogen and oxygen atoms in total. The van der Waals surface area contributed by atoms with Crippen LogP contribution in [0.3, 0.4) is 0 Å². The normalized spacial score (nSPS) is 10.7. The fourth-order valence-electron chi connectivity index (χ4n) is 3.95. The van der Waals surface area contributed by atoms with E-state index in [0.29, 0.717) is 28.1 Å². The molecule has 5 aromatic rings. The van der Waals surface area contributed by atoms with Gasteiger partial charge in [0.2, 0.25) is 5.88 Å². The largest absolute Gasteiger partial charge is 0.497 e. The third-order valence-electron chi connectivity index (χ3n) is 5.74. The Morgan fingerprint density at radius 3 is 2.28 bits per heavy atom. The predicted octanol–water partition coefficient (Wildman–Crippen LogP) is 6.07. The van der Waals surface area contributed by atoms with Crippen molar-refractivity contribution in [3.05, 3.63) is 105 Å². The van der Waals surface area contributed by atoms with Crippen molar-refractivity contribution in [3.63, 3.8) is 0 Å². The van der Waals surface area contributed by atoms with Crippen LogP contribution in [0.2, 0.25) is 0 Å². The first-order valence-corrected chi connectivity index (χ1v) is 11.7. The van der Waals surface area contributed by atoms with Crippen LogP contribution in [0.5, 0.6) is 17.4 Å². The number of hydrogen-bond acceptors (Lipinski definition) is 6. The lowest BCUT2D eigenvalue weighted by Gasteiger charge is -2.16. The molecule has 0 aliphatic heterocycles. The summed E-state index contributed by atoms with van der Waals surface area (Å²) in [7, 11) is 1.58. The highest BCUT2D eigenvalue weighted by molar-refractivity contribution is 9.10. The topological polar surface area (TPSA) is 103 Å². The van der Waals surface area contributed by atoms with Crippen LogP contribution in [0.4, 0.5) is 5.69 Å². The van der Waals surface area contributed by atoms with Crippen LogP contribution in [0.1, 0.15) is 5.56 Å². The Bertz CT molecular complexity index is 1670. The summed E-state index contributed by atoms with van der Waals surface area (Å²) in [6, 6.07) is 27.4. The molecule has 1 heterocycles. The van der Waals surface area contributed by atoms with Gasteiger partial charge in [-0.1, -0.05) is 46.3 Å². The number of benzene rings is 4. The fourth-order valence-corrected chi connectivity index (χ4v) is 4.22. The Morgan fingerprint density at radius 1 is 0.972 bits per heavy atom. The zero-order chi connectivity index (χ0) is 25.2. The first kappa shape index (κ1) is 23.1. The second-order valence-corrected chi connectivity index (χ2v) is 8.80. The molecule has 0 fully saturated rings. The van der Waals surface area contributed by atoms with Crippen LogP contribution in [0.15, 0.2) is 94.2 Å². The molecule has 0 spiro atoms. The molecule has 0 saturated heterocycles. The van der Waals surface area contributed by atoms with E-state index in [1.54, 1.807) is 61.7 Å². The second kappa shape index (κ2) is 9.56. The summed E-state index contributed by atoms with van der Waals surface area (Å²) in [5.41, 5.74) is 8.16. The molecule has 0 amide bonds. The number of methoxy groups -OCH3 is 1. The molecule has 5 rings (SSSR count). The standard InChI is InChI=1S/C28H19BrN4O3/c1-35-20-11-7-17(8-12-20)22-15-23-25(26(31)24(22)16-30)28(34)33(19-5-3-2-4-6-19)32-27(23)36-21-13-9-18(29)10-14-21/h2-15H,31H2,1H3. The highest BCUT2D eigenvalue weighted by Crippen LogP contribution is 2.37. The van der Waals surface area contributed by atoms with Gasteiger partial charge in [-0.3, -0.25) is 4.79 Å². The van der Waals surface area contributed by atoms with Crippen molar-refractivity contribution >= 4 is 32.4 Å². The Balaban J connectivity index is 1.82. The molecule has 176 valence electrons. The van der Waals surface area contributed by atoms with E-state index in [1.807, 2.05) is 30.3 Å². The summed E-state index contributed by atoms with van der Waals surface area (Å²) >= 11 is 3.42. The van der Waals surface area contributed by atoms with Gasteiger partial charge in [-0.15, -0.1) is 5.10 Å². The van der Waals surface area contributed by atoms with Crippen molar-refractivity contribution in [2.75, 3.05) is 12.8 Å². The maximum Gasteiger partial charge on any atom is 0.281 e. The van der Waals surface area contributed by atoms with Crippen LogP contribution in [0.25, 0.3) is 27.6 Å². The van der Waals surface area contributed by atoms with E-state index in [4.69, 9.17) is 15.2 Å². The molecule has 0 aliphatic carbocycles. The number of para-hydroxylation sites is 1. The van der Waals surface area contributed by atoms with Crippen LogP contribution in [-0.2, 0) is 0 Å². The number of fused-ring (bicyclic) bond motifs is 1. The van der Waals surface area contributed by atoms with Gasteiger partial charge in [-0.2, -0.15) is 9.94 Å². The zero-order valence-electron chi connectivity index (χ0n) is 19.1. The van der Waals surface area contributed by atoms with Gasteiger partial charge in [-0.25, -0.2) is 0 Å². The minimum absolute atomic E-state index is 0.0681. The van der Waals surface area contributed by atoms with Gasteiger partial charge >= 0.3 is 0 Å². The maximum atomic E-state index is 13.6. The number of rotatable bonds is 5. The van der Waals surface area contributed by atoms with E-state index in [-0.39, 0.29) is 22.5 Å². The quantitative estimate of drug-likeness (QED) is 0.272. The molecule has 4 aromatic carbocycles. The van der Waals surface area contributed by atoms with Crippen LogP contribution in [-0.4, -0.2) is 16.9 Å². The first-order valence-electron chi connectivity index (χ1n) is 10.9. The lowest BCUT2D eigenvalue weighted by molar-refractivity contribution is 0.415. The lowest BCUT2D eigenvalue weighted by Crippen LogP contribution is -2.23. The monoisotopic (exact) mass is 538 g/mol. The van der Waals surface area contributed by atoms with Crippen LogP contribution in [0, 0.1) is 11.3 Å². The SMILES string of the molecule is COc1ccc(-c2cc3c(Oc4ccc(Br)cc4)nn(-c4ccccc4)c(=O)c3c(N)c2C#N)cc1. The van der Waals surface area contributed by atoms with Crippen molar-refractivity contribution in [1.82, 2.24) is 9.78 Å². The highest BCUT2D eigenvalue weighted by atomic mass is 79.9. The molecule has 0 radical (unpaired) electrons. The van der Waals surface area contributed by atoms with E-state index in [0.717, 1.165) is 10.0 Å².